The summed E-state index contributed by atoms with van der Waals surface area (Å²) in [5, 5.41) is 2.93. The van der Waals surface area contributed by atoms with E-state index in [1.807, 2.05) is 45.0 Å². The van der Waals surface area contributed by atoms with Gasteiger partial charge in [-0.05, 0) is 57.0 Å². The van der Waals surface area contributed by atoms with Crippen molar-refractivity contribution in [2.24, 2.45) is 0 Å². The van der Waals surface area contributed by atoms with E-state index in [1.54, 1.807) is 49.4 Å². The number of methoxy groups -OCH3 is 1. The Hall–Kier alpha value is -3.85. The number of carbonyl (C=O) groups excluding carboxylic acids is 2. The van der Waals surface area contributed by atoms with Crippen LogP contribution >= 0.6 is 0 Å². The molecule has 3 rings (SSSR count). The van der Waals surface area contributed by atoms with E-state index in [2.05, 4.69) is 5.32 Å². The number of hydrogen-bond donors (Lipinski definition) is 1. The van der Waals surface area contributed by atoms with Gasteiger partial charge in [-0.2, -0.15) is 0 Å². The van der Waals surface area contributed by atoms with Crippen molar-refractivity contribution in [2.75, 3.05) is 18.0 Å². The Morgan fingerprint density at radius 3 is 2.23 bits per heavy atom. The Morgan fingerprint density at radius 2 is 1.62 bits per heavy atom. The summed E-state index contributed by atoms with van der Waals surface area (Å²) in [4.78, 5) is 28.5. The van der Waals surface area contributed by atoms with E-state index >= 15 is 0 Å². The molecule has 0 aliphatic heterocycles. The summed E-state index contributed by atoms with van der Waals surface area (Å²) >= 11 is 0. The van der Waals surface area contributed by atoms with Crippen LogP contribution in [-0.4, -0.2) is 50.9 Å². The van der Waals surface area contributed by atoms with Gasteiger partial charge in [-0.3, -0.25) is 13.9 Å². The molecule has 0 aliphatic rings. The molecule has 0 spiro atoms. The molecular formula is C30H37N3O5S. The van der Waals surface area contributed by atoms with Crippen LogP contribution in [0.15, 0.2) is 83.8 Å². The Kier molecular flexibility index (Phi) is 10.1. The van der Waals surface area contributed by atoms with E-state index in [0.717, 1.165) is 21.9 Å². The van der Waals surface area contributed by atoms with Crippen LogP contribution in [0.4, 0.5) is 5.69 Å². The van der Waals surface area contributed by atoms with E-state index in [0.29, 0.717) is 5.75 Å². The average Bonchev–Trinajstić information content (AvgIpc) is 2.95. The van der Waals surface area contributed by atoms with E-state index in [1.165, 1.54) is 24.1 Å². The molecule has 9 heteroatoms. The maximum absolute atomic E-state index is 13.9. The topological polar surface area (TPSA) is 96.0 Å². The van der Waals surface area contributed by atoms with Gasteiger partial charge in [0.15, 0.2) is 0 Å². The second-order valence-corrected chi connectivity index (χ2v) is 11.4. The third-order valence-electron chi connectivity index (χ3n) is 6.59. The summed E-state index contributed by atoms with van der Waals surface area (Å²) in [5.41, 5.74) is 2.17. The molecule has 39 heavy (non-hydrogen) atoms. The standard InChI is InChI=1S/C30H37N3O5S/c1-6-23(3)31-30(35)24(4)32(20-25-17-15-22(2)16-18-25)29(34)21-33(26-11-10-12-27(19-26)38-5)39(36,37)28-13-8-7-9-14-28/h7-19,23-24H,6,20-21H2,1-5H3,(H,31,35)/t23-,24-/m0/s1. The van der Waals surface area contributed by atoms with Crippen LogP contribution in [0.5, 0.6) is 5.75 Å². The van der Waals surface area contributed by atoms with Gasteiger partial charge in [0.1, 0.15) is 18.3 Å². The zero-order chi connectivity index (χ0) is 28.6. The van der Waals surface area contributed by atoms with E-state index in [-0.39, 0.29) is 29.1 Å². The van der Waals surface area contributed by atoms with Gasteiger partial charge < -0.3 is 15.0 Å². The molecule has 0 bridgehead atoms. The normalized spacial score (nSPS) is 12.7. The number of benzene rings is 3. The second kappa shape index (κ2) is 13.3. The number of sulfonamides is 1. The van der Waals surface area contributed by atoms with Gasteiger partial charge >= 0.3 is 0 Å². The first kappa shape index (κ1) is 29.7. The second-order valence-electron chi connectivity index (χ2n) is 9.53. The fourth-order valence-corrected chi connectivity index (χ4v) is 5.38. The van der Waals surface area contributed by atoms with Crippen molar-refractivity contribution < 1.29 is 22.7 Å². The highest BCUT2D eigenvalue weighted by molar-refractivity contribution is 7.92. The molecule has 3 aromatic carbocycles. The first-order valence-corrected chi connectivity index (χ1v) is 14.4. The Labute approximate surface area is 231 Å². The minimum Gasteiger partial charge on any atom is -0.497 e. The van der Waals surface area contributed by atoms with Crippen LogP contribution in [0.3, 0.4) is 0 Å². The molecule has 3 aromatic rings. The van der Waals surface area contributed by atoms with Crippen LogP contribution < -0.4 is 14.4 Å². The Bertz CT molecular complexity index is 1360. The third-order valence-corrected chi connectivity index (χ3v) is 8.38. The SMILES string of the molecule is CC[C@H](C)NC(=O)[C@H](C)N(Cc1ccc(C)cc1)C(=O)CN(c1cccc(OC)c1)S(=O)(=O)c1ccccc1. The van der Waals surface area contributed by atoms with Crippen molar-refractivity contribution in [3.63, 3.8) is 0 Å². The molecule has 1 N–H and O–H groups in total. The van der Waals surface area contributed by atoms with Gasteiger partial charge in [-0.15, -0.1) is 0 Å². The fraction of sp³-hybridized carbons (Fsp3) is 0.333. The molecule has 0 fully saturated rings. The first-order valence-electron chi connectivity index (χ1n) is 12.9. The lowest BCUT2D eigenvalue weighted by atomic mass is 10.1. The molecule has 8 nitrogen and oxygen atoms in total. The van der Waals surface area contributed by atoms with Crippen molar-refractivity contribution in [3.8, 4) is 5.75 Å². The van der Waals surface area contributed by atoms with Gasteiger partial charge in [0, 0.05) is 18.7 Å². The van der Waals surface area contributed by atoms with Gasteiger partial charge in [0.2, 0.25) is 11.8 Å². The van der Waals surface area contributed by atoms with Gasteiger partial charge in [0.05, 0.1) is 17.7 Å². The summed E-state index contributed by atoms with van der Waals surface area (Å²) in [6, 6.07) is 21.3. The summed E-state index contributed by atoms with van der Waals surface area (Å²) in [7, 11) is -2.64. The van der Waals surface area contributed by atoms with Crippen molar-refractivity contribution in [1.82, 2.24) is 10.2 Å². The van der Waals surface area contributed by atoms with Gasteiger partial charge in [-0.1, -0.05) is 61.0 Å². The maximum atomic E-state index is 13.9. The molecule has 0 radical (unpaired) electrons. The third kappa shape index (κ3) is 7.60. The largest absolute Gasteiger partial charge is 0.497 e. The molecule has 0 aliphatic carbocycles. The summed E-state index contributed by atoms with van der Waals surface area (Å²) in [6.07, 6.45) is 0.739. The van der Waals surface area contributed by atoms with E-state index in [4.69, 9.17) is 4.74 Å². The number of hydrogen-bond acceptors (Lipinski definition) is 5. The van der Waals surface area contributed by atoms with Crippen LogP contribution in [0.25, 0.3) is 0 Å². The molecule has 0 aromatic heterocycles. The number of aryl methyl sites for hydroxylation is 1. The monoisotopic (exact) mass is 551 g/mol. The number of ether oxygens (including phenoxy) is 1. The van der Waals surface area contributed by atoms with Crippen LogP contribution in [0.1, 0.15) is 38.3 Å². The number of carbonyl (C=O) groups is 2. The molecule has 0 saturated heterocycles. The number of anilines is 1. The number of nitrogens with zero attached hydrogens (tertiary/aromatic N) is 2. The molecule has 0 unspecified atom stereocenters. The minimum absolute atomic E-state index is 0.0493. The summed E-state index contributed by atoms with van der Waals surface area (Å²) < 4.78 is 34.0. The highest BCUT2D eigenvalue weighted by Gasteiger charge is 2.32. The van der Waals surface area contributed by atoms with E-state index < -0.39 is 28.5 Å². The molecule has 0 saturated carbocycles. The lowest BCUT2D eigenvalue weighted by Gasteiger charge is -2.32. The zero-order valence-corrected chi connectivity index (χ0v) is 23.9. The van der Waals surface area contributed by atoms with Crippen molar-refractivity contribution in [3.05, 3.63) is 90.0 Å². The first-order chi connectivity index (χ1) is 18.6. The Morgan fingerprint density at radius 1 is 0.949 bits per heavy atom. The highest BCUT2D eigenvalue weighted by atomic mass is 32.2. The molecule has 2 atom stereocenters. The zero-order valence-electron chi connectivity index (χ0n) is 23.1. The average molecular weight is 552 g/mol. The quantitative estimate of drug-likeness (QED) is 0.357. The van der Waals surface area contributed by atoms with Crippen LogP contribution in [0.2, 0.25) is 0 Å². The molecular weight excluding hydrogens is 514 g/mol. The number of nitrogens with one attached hydrogen (secondary N) is 1. The number of amides is 2. The number of rotatable bonds is 12. The molecule has 208 valence electrons. The van der Waals surface area contributed by atoms with Crippen LogP contribution in [-0.2, 0) is 26.2 Å². The summed E-state index contributed by atoms with van der Waals surface area (Å²) in [6.45, 7) is 7.13. The predicted molar refractivity (Wildman–Crippen MR) is 153 cm³/mol. The fourth-order valence-electron chi connectivity index (χ4n) is 3.95. The predicted octanol–water partition coefficient (Wildman–Crippen LogP) is 4.53. The van der Waals surface area contributed by atoms with Crippen molar-refractivity contribution in [1.29, 1.82) is 0 Å². The van der Waals surface area contributed by atoms with E-state index in [9.17, 15) is 18.0 Å². The van der Waals surface area contributed by atoms with Gasteiger partial charge in [-0.25, -0.2) is 8.42 Å². The Balaban J connectivity index is 2.02. The molecule has 0 heterocycles. The minimum atomic E-state index is -4.13. The molecule has 2 amide bonds. The lowest BCUT2D eigenvalue weighted by molar-refractivity contribution is -0.139. The highest BCUT2D eigenvalue weighted by Crippen LogP contribution is 2.27. The lowest BCUT2D eigenvalue weighted by Crippen LogP contribution is -2.52. The van der Waals surface area contributed by atoms with Crippen molar-refractivity contribution in [2.45, 2.75) is 57.6 Å². The van der Waals surface area contributed by atoms with Crippen LogP contribution in [0, 0.1) is 6.92 Å². The maximum Gasteiger partial charge on any atom is 0.264 e. The summed E-state index contributed by atoms with van der Waals surface area (Å²) in [5.74, 6) is -0.362. The smallest absolute Gasteiger partial charge is 0.264 e. The van der Waals surface area contributed by atoms with Crippen molar-refractivity contribution >= 4 is 27.5 Å². The van der Waals surface area contributed by atoms with Gasteiger partial charge in [0.25, 0.3) is 10.0 Å².